The number of fused-ring (bicyclic) bond motifs is 1. The summed E-state index contributed by atoms with van der Waals surface area (Å²) in [6.45, 7) is 0. The van der Waals surface area contributed by atoms with Crippen molar-refractivity contribution in [2.45, 2.75) is 31.6 Å². The normalized spacial score (nSPS) is 19.0. The summed E-state index contributed by atoms with van der Waals surface area (Å²) in [6, 6.07) is 3.91. The molecule has 0 spiro atoms. The van der Waals surface area contributed by atoms with E-state index in [0.717, 1.165) is 45.4 Å². The molecule has 0 radical (unpaired) electrons. The molecular weight excluding hydrogens is 462 g/mol. The van der Waals surface area contributed by atoms with E-state index in [9.17, 15) is 9.90 Å². The Hall–Kier alpha value is -3.27. The number of hydrogen-bond acceptors (Lipinski definition) is 6. The molecule has 0 bridgehead atoms. The summed E-state index contributed by atoms with van der Waals surface area (Å²) in [7, 11) is 0. The molecule has 0 aliphatic heterocycles. The van der Waals surface area contributed by atoms with Crippen LogP contribution < -0.4 is 5.73 Å². The lowest BCUT2D eigenvalue weighted by atomic mass is 9.80. The third-order valence-electron chi connectivity index (χ3n) is 5.98. The summed E-state index contributed by atoms with van der Waals surface area (Å²) in [5.41, 5.74) is 11.4. The standard InChI is InChI=1S/C21H20BrN7O2/c22-17-18(11-1-3-12(4-2-11)21(30)31)28-20-15(10-27-29(20)19(17)23)13-5-6-16(24-7-13)14-8-25-26-9-14/h5-12H,1-4,23H2,(H,25,26)(H,30,31)/t11-,12-. The molecule has 4 aromatic rings. The third kappa shape index (κ3) is 3.46. The fourth-order valence-electron chi connectivity index (χ4n) is 4.22. The molecule has 5 rings (SSSR count). The Kier molecular flexibility index (Phi) is 4.93. The number of nitrogens with zero attached hydrogens (tertiary/aromatic N) is 5. The fourth-order valence-corrected chi connectivity index (χ4v) is 4.80. The summed E-state index contributed by atoms with van der Waals surface area (Å²) in [4.78, 5) is 20.8. The van der Waals surface area contributed by atoms with Gasteiger partial charge in [-0.15, -0.1) is 0 Å². The van der Waals surface area contributed by atoms with Gasteiger partial charge in [0.2, 0.25) is 0 Å². The highest BCUT2D eigenvalue weighted by molar-refractivity contribution is 9.10. The molecule has 0 amide bonds. The Morgan fingerprint density at radius 1 is 1.16 bits per heavy atom. The number of carboxylic acids is 1. The lowest BCUT2D eigenvalue weighted by Gasteiger charge is -2.26. The number of carbonyl (C=O) groups is 1. The van der Waals surface area contributed by atoms with Crippen LogP contribution in [-0.2, 0) is 4.79 Å². The Bertz CT molecular complexity index is 1240. The van der Waals surface area contributed by atoms with Crippen molar-refractivity contribution < 1.29 is 9.90 Å². The van der Waals surface area contributed by atoms with E-state index >= 15 is 0 Å². The predicted molar refractivity (Wildman–Crippen MR) is 118 cm³/mol. The van der Waals surface area contributed by atoms with Gasteiger partial charge in [0.15, 0.2) is 5.65 Å². The maximum atomic E-state index is 11.3. The summed E-state index contributed by atoms with van der Waals surface area (Å²) in [5, 5.41) is 20.5. The van der Waals surface area contributed by atoms with Crippen molar-refractivity contribution in [3.8, 4) is 22.4 Å². The van der Waals surface area contributed by atoms with Crippen LogP contribution in [0, 0.1) is 5.92 Å². The van der Waals surface area contributed by atoms with Crippen molar-refractivity contribution in [3.63, 3.8) is 0 Å². The Balaban J connectivity index is 1.52. The number of halogens is 1. The number of carboxylic acid groups (broad SMARTS) is 1. The molecular formula is C21H20BrN7O2. The summed E-state index contributed by atoms with van der Waals surface area (Å²) in [6.07, 6.45) is 9.87. The first-order valence-corrected chi connectivity index (χ1v) is 10.8. The highest BCUT2D eigenvalue weighted by Crippen LogP contribution is 2.40. The van der Waals surface area contributed by atoms with E-state index in [4.69, 9.17) is 10.7 Å². The molecule has 0 unspecified atom stereocenters. The number of hydrogen-bond donors (Lipinski definition) is 3. The van der Waals surface area contributed by atoms with Crippen molar-refractivity contribution >= 4 is 33.4 Å². The van der Waals surface area contributed by atoms with Crippen LogP contribution in [0.5, 0.6) is 0 Å². The second-order valence-corrected chi connectivity index (χ2v) is 8.59. The minimum atomic E-state index is -0.718. The van der Waals surface area contributed by atoms with Gasteiger partial charge in [-0.3, -0.25) is 14.9 Å². The second-order valence-electron chi connectivity index (χ2n) is 7.80. The highest BCUT2D eigenvalue weighted by Gasteiger charge is 2.30. The van der Waals surface area contributed by atoms with Crippen molar-refractivity contribution in [1.82, 2.24) is 29.8 Å². The minimum absolute atomic E-state index is 0.154. The quantitative estimate of drug-likeness (QED) is 0.402. The van der Waals surface area contributed by atoms with Crippen LogP contribution >= 0.6 is 15.9 Å². The first-order chi connectivity index (χ1) is 15.0. The van der Waals surface area contributed by atoms with E-state index in [-0.39, 0.29) is 11.8 Å². The highest BCUT2D eigenvalue weighted by atomic mass is 79.9. The van der Waals surface area contributed by atoms with E-state index < -0.39 is 5.97 Å². The number of aliphatic carboxylic acids is 1. The molecule has 0 aromatic carbocycles. The Morgan fingerprint density at radius 2 is 1.97 bits per heavy atom. The van der Waals surface area contributed by atoms with E-state index in [1.807, 2.05) is 12.1 Å². The monoisotopic (exact) mass is 481 g/mol. The minimum Gasteiger partial charge on any atom is -0.481 e. The van der Waals surface area contributed by atoms with Gasteiger partial charge in [0, 0.05) is 35.0 Å². The number of anilines is 1. The number of H-pyrrole nitrogens is 1. The van der Waals surface area contributed by atoms with Crippen LogP contribution in [0.4, 0.5) is 5.82 Å². The summed E-state index contributed by atoms with van der Waals surface area (Å²) < 4.78 is 2.34. The predicted octanol–water partition coefficient (Wildman–Crippen LogP) is 3.88. The van der Waals surface area contributed by atoms with Crippen molar-refractivity contribution in [2.24, 2.45) is 5.92 Å². The average Bonchev–Trinajstić information content (AvgIpc) is 3.47. The number of aromatic amines is 1. The summed E-state index contributed by atoms with van der Waals surface area (Å²) in [5.74, 6) is -0.359. The molecule has 1 aliphatic carbocycles. The van der Waals surface area contributed by atoms with Gasteiger partial charge in [-0.25, -0.2) is 4.98 Å². The number of nitrogens with two attached hydrogens (primary N) is 1. The average molecular weight is 482 g/mol. The second kappa shape index (κ2) is 7.77. The largest absolute Gasteiger partial charge is 0.481 e. The molecule has 158 valence electrons. The number of pyridine rings is 1. The molecule has 4 heterocycles. The van der Waals surface area contributed by atoms with Gasteiger partial charge in [0.25, 0.3) is 0 Å². The van der Waals surface area contributed by atoms with E-state index in [1.54, 1.807) is 29.3 Å². The van der Waals surface area contributed by atoms with Crippen LogP contribution in [0.3, 0.4) is 0 Å². The fraction of sp³-hybridized carbons (Fsp3) is 0.286. The van der Waals surface area contributed by atoms with Gasteiger partial charge >= 0.3 is 5.97 Å². The maximum absolute atomic E-state index is 11.3. The van der Waals surface area contributed by atoms with E-state index in [1.165, 1.54) is 0 Å². The van der Waals surface area contributed by atoms with Gasteiger partial charge < -0.3 is 10.8 Å². The van der Waals surface area contributed by atoms with Crippen LogP contribution in [-0.4, -0.2) is 40.9 Å². The topological polar surface area (TPSA) is 135 Å². The molecule has 10 heteroatoms. The molecule has 4 N–H and O–H groups in total. The van der Waals surface area contributed by atoms with Gasteiger partial charge in [0.05, 0.1) is 34.2 Å². The smallest absolute Gasteiger partial charge is 0.306 e. The first-order valence-electron chi connectivity index (χ1n) is 10.0. The molecule has 31 heavy (non-hydrogen) atoms. The molecule has 1 saturated carbocycles. The van der Waals surface area contributed by atoms with Crippen molar-refractivity contribution in [1.29, 1.82) is 0 Å². The summed E-state index contributed by atoms with van der Waals surface area (Å²) >= 11 is 3.59. The van der Waals surface area contributed by atoms with E-state index in [2.05, 4.69) is 36.2 Å². The zero-order valence-corrected chi connectivity index (χ0v) is 18.1. The van der Waals surface area contributed by atoms with Crippen LogP contribution in [0.25, 0.3) is 28.0 Å². The Morgan fingerprint density at radius 3 is 2.61 bits per heavy atom. The zero-order valence-electron chi connectivity index (χ0n) is 16.5. The molecule has 1 fully saturated rings. The van der Waals surface area contributed by atoms with Crippen LogP contribution in [0.1, 0.15) is 37.3 Å². The number of nitrogen functional groups attached to an aromatic ring is 1. The lowest BCUT2D eigenvalue weighted by Crippen LogP contribution is -2.21. The number of rotatable bonds is 4. The van der Waals surface area contributed by atoms with Gasteiger partial charge in [0.1, 0.15) is 5.82 Å². The van der Waals surface area contributed by atoms with Gasteiger partial charge in [-0.1, -0.05) is 6.07 Å². The van der Waals surface area contributed by atoms with Crippen LogP contribution in [0.15, 0.2) is 41.4 Å². The van der Waals surface area contributed by atoms with E-state index in [0.29, 0.717) is 24.3 Å². The van der Waals surface area contributed by atoms with Gasteiger partial charge in [-0.05, 0) is 47.7 Å². The van der Waals surface area contributed by atoms with Gasteiger partial charge in [-0.2, -0.15) is 14.7 Å². The lowest BCUT2D eigenvalue weighted by molar-refractivity contribution is -0.142. The third-order valence-corrected chi connectivity index (χ3v) is 6.79. The molecule has 0 atom stereocenters. The molecule has 9 nitrogen and oxygen atoms in total. The zero-order chi connectivity index (χ0) is 21.5. The van der Waals surface area contributed by atoms with Crippen molar-refractivity contribution in [3.05, 3.63) is 47.1 Å². The number of aromatic nitrogens is 6. The Labute approximate surface area is 185 Å². The van der Waals surface area contributed by atoms with Crippen molar-refractivity contribution in [2.75, 3.05) is 5.73 Å². The molecule has 0 saturated heterocycles. The van der Waals surface area contributed by atoms with Crippen LogP contribution in [0.2, 0.25) is 0 Å². The SMILES string of the molecule is Nc1c(Br)c([C@H]2CC[C@H](C(=O)O)CC2)nc2c(-c3ccc(-c4cn[nH]c4)nc3)cnn12. The first kappa shape index (κ1) is 19.7. The number of nitrogens with one attached hydrogen (secondary N) is 1. The maximum Gasteiger partial charge on any atom is 0.306 e. The molecule has 1 aliphatic rings. The molecule has 4 aromatic heterocycles.